The van der Waals surface area contributed by atoms with Gasteiger partial charge in [0.1, 0.15) is 0 Å². The second-order valence-corrected chi connectivity index (χ2v) is 15.8. The van der Waals surface area contributed by atoms with Crippen LogP contribution in [0.25, 0.3) is 27.5 Å². The van der Waals surface area contributed by atoms with Gasteiger partial charge < -0.3 is 10.6 Å². The largest absolute Gasteiger partial charge is 0.362 e. The van der Waals surface area contributed by atoms with Crippen LogP contribution < -0.4 is 10.6 Å². The minimum absolute atomic E-state index is 0.435. The number of rotatable bonds is 14. The maximum absolute atomic E-state index is 4.69. The molecule has 2 N–H and O–H groups in total. The highest BCUT2D eigenvalue weighted by Gasteiger charge is 2.21. The van der Waals surface area contributed by atoms with Crippen molar-refractivity contribution in [2.45, 2.75) is 76.7 Å². The predicted octanol–water partition coefficient (Wildman–Crippen LogP) is 15.1. The molecule has 1 unspecified atom stereocenters. The van der Waals surface area contributed by atoms with E-state index in [2.05, 4.69) is 175 Å². The van der Waals surface area contributed by atoms with E-state index in [9.17, 15) is 0 Å². The van der Waals surface area contributed by atoms with Crippen molar-refractivity contribution < 1.29 is 0 Å². The Morgan fingerprint density at radius 3 is 2.46 bits per heavy atom. The molecule has 286 valence electrons. The van der Waals surface area contributed by atoms with Gasteiger partial charge in [-0.25, -0.2) is 0 Å². The van der Waals surface area contributed by atoms with Gasteiger partial charge >= 0.3 is 0 Å². The van der Waals surface area contributed by atoms with Crippen molar-refractivity contribution in [3.63, 3.8) is 0 Å². The molecule has 0 amide bonds. The number of nitrogens with one attached hydrogen (secondary N) is 2. The van der Waals surface area contributed by atoms with Crippen LogP contribution in [0.1, 0.15) is 86.8 Å². The summed E-state index contributed by atoms with van der Waals surface area (Å²) in [5, 5.41) is 9.84. The average Bonchev–Trinajstić information content (AvgIpc) is 3.27. The van der Waals surface area contributed by atoms with Crippen molar-refractivity contribution in [2.75, 3.05) is 10.6 Å². The van der Waals surface area contributed by atoms with E-state index in [0.717, 1.165) is 69.3 Å². The average molecular weight is 746 g/mol. The van der Waals surface area contributed by atoms with E-state index < -0.39 is 0 Å². The lowest BCUT2D eigenvalue weighted by Gasteiger charge is -2.27. The van der Waals surface area contributed by atoms with E-state index in [1.54, 1.807) is 0 Å². The van der Waals surface area contributed by atoms with Gasteiger partial charge in [0.15, 0.2) is 0 Å². The maximum atomic E-state index is 4.69. The van der Waals surface area contributed by atoms with Crippen molar-refractivity contribution in [1.82, 2.24) is 0 Å². The summed E-state index contributed by atoms with van der Waals surface area (Å²) in [6.07, 6.45) is 31.3. The van der Waals surface area contributed by atoms with E-state index >= 15 is 0 Å². The fourth-order valence-electron chi connectivity index (χ4n) is 8.57. The van der Waals surface area contributed by atoms with Crippen LogP contribution in [-0.4, -0.2) is 6.21 Å². The minimum Gasteiger partial charge on any atom is -0.362 e. The number of hydrogen-bond acceptors (Lipinski definition) is 3. The zero-order valence-electron chi connectivity index (χ0n) is 33.2. The third kappa shape index (κ3) is 9.73. The molecule has 3 aliphatic rings. The lowest BCUT2D eigenvalue weighted by atomic mass is 9.78. The Hall–Kier alpha value is -5.93. The number of aliphatic imine (C=N–C) groups is 1. The summed E-state index contributed by atoms with van der Waals surface area (Å²) in [7, 11) is 0. The number of benzene rings is 5. The molecule has 0 radical (unpaired) electrons. The Bertz CT molecular complexity index is 2350. The first kappa shape index (κ1) is 38.0. The fourth-order valence-corrected chi connectivity index (χ4v) is 8.57. The summed E-state index contributed by atoms with van der Waals surface area (Å²) in [5.74, 6) is 0.946. The molecule has 0 aromatic heterocycles. The first-order valence-electron chi connectivity index (χ1n) is 21.1. The topological polar surface area (TPSA) is 36.4 Å². The smallest absolute Gasteiger partial charge is 0.0639 e. The molecule has 5 aromatic carbocycles. The highest BCUT2D eigenvalue weighted by molar-refractivity contribution is 6.04. The van der Waals surface area contributed by atoms with Crippen molar-refractivity contribution in [1.29, 1.82) is 0 Å². The minimum atomic E-state index is 0.435. The number of fused-ring (bicyclic) bond motifs is 1. The van der Waals surface area contributed by atoms with Gasteiger partial charge in [0.05, 0.1) is 6.54 Å². The molecule has 0 spiro atoms. The van der Waals surface area contributed by atoms with Crippen molar-refractivity contribution >= 4 is 39.6 Å². The predicted molar refractivity (Wildman–Crippen MR) is 246 cm³/mol. The third-order valence-electron chi connectivity index (χ3n) is 11.8. The second-order valence-electron chi connectivity index (χ2n) is 15.8. The van der Waals surface area contributed by atoms with Crippen LogP contribution in [-0.2, 0) is 6.54 Å². The standard InChI is InChI=1S/C54H55N3/c1-40(45-21-15-22-46(36-45)43-29-27-42(28-30-43)39-55-38-41-17-5-2-6-18-41)16-13-14-35-56-53-34-33-49(51-25-11-12-26-52(51)53)47-31-32-50(44-19-7-3-8-20-44)54(37-47)57-48-23-9-4-10-24-48/h2,4-5,9-12,14-15,17,19,22-35,37-38,45-46,56-57H,1,3,6-8,13,16,18,20-21,36,39H2/b35-14-,55-38?/t45-,46?/m0/s1. The Balaban J connectivity index is 0.882. The van der Waals surface area contributed by atoms with Crippen molar-refractivity contribution in [3.8, 4) is 11.1 Å². The number of para-hydroxylation sites is 1. The van der Waals surface area contributed by atoms with Crippen LogP contribution in [0.2, 0.25) is 0 Å². The lowest BCUT2D eigenvalue weighted by molar-refractivity contribution is 0.499. The van der Waals surface area contributed by atoms with Crippen LogP contribution in [0.3, 0.4) is 0 Å². The van der Waals surface area contributed by atoms with E-state index in [4.69, 9.17) is 4.99 Å². The first-order chi connectivity index (χ1) is 28.2. The van der Waals surface area contributed by atoms with Crippen LogP contribution in [0.15, 0.2) is 181 Å². The quantitative estimate of drug-likeness (QED) is 0.0877. The van der Waals surface area contributed by atoms with Crippen LogP contribution in [0.4, 0.5) is 17.1 Å². The molecular formula is C54H55N3. The Kier molecular flexibility index (Phi) is 12.5. The van der Waals surface area contributed by atoms with Gasteiger partial charge in [0.2, 0.25) is 0 Å². The third-order valence-corrected chi connectivity index (χ3v) is 11.8. The molecule has 0 fully saturated rings. The molecule has 0 saturated heterocycles. The Morgan fingerprint density at radius 2 is 1.63 bits per heavy atom. The van der Waals surface area contributed by atoms with E-state index in [0.29, 0.717) is 11.8 Å². The SMILES string of the molecule is C=C(CC/C=C\Nc1ccc(-c2ccc(C3=CCCCC3)c(Nc3ccccc3)c2)c2ccccc12)[C@H]1CC=CC(c2ccc(CN=CC3=CC=CCC3)cc2)C1. The molecule has 5 aromatic rings. The maximum Gasteiger partial charge on any atom is 0.0639 e. The summed E-state index contributed by atoms with van der Waals surface area (Å²) >= 11 is 0. The van der Waals surface area contributed by atoms with Gasteiger partial charge in [-0.2, -0.15) is 0 Å². The van der Waals surface area contributed by atoms with Gasteiger partial charge in [-0.15, -0.1) is 0 Å². The fraction of sp³-hybridized carbons (Fsp3) is 0.241. The van der Waals surface area contributed by atoms with Gasteiger partial charge in [-0.3, -0.25) is 4.99 Å². The zero-order valence-corrected chi connectivity index (χ0v) is 33.2. The second kappa shape index (κ2) is 18.8. The van der Waals surface area contributed by atoms with E-state index in [1.165, 1.54) is 73.8 Å². The lowest BCUT2D eigenvalue weighted by Crippen LogP contribution is -2.12. The molecule has 3 heteroatoms. The Morgan fingerprint density at radius 1 is 0.789 bits per heavy atom. The van der Waals surface area contributed by atoms with E-state index in [1.807, 2.05) is 6.21 Å². The van der Waals surface area contributed by atoms with E-state index in [-0.39, 0.29) is 0 Å². The Labute approximate surface area is 340 Å². The molecule has 8 rings (SSSR count). The summed E-state index contributed by atoms with van der Waals surface area (Å²) in [6.45, 7) is 5.30. The number of nitrogens with zero attached hydrogens (tertiary/aromatic N) is 1. The van der Waals surface area contributed by atoms with Crippen molar-refractivity contribution in [2.24, 2.45) is 10.9 Å². The number of anilines is 3. The molecule has 3 aliphatic carbocycles. The van der Waals surface area contributed by atoms with Crippen LogP contribution in [0, 0.1) is 5.92 Å². The van der Waals surface area contributed by atoms with Crippen molar-refractivity contribution in [3.05, 3.63) is 192 Å². The normalized spacial score (nSPS) is 18.2. The highest BCUT2D eigenvalue weighted by atomic mass is 14.9. The van der Waals surface area contributed by atoms with Gasteiger partial charge in [0, 0.05) is 40.1 Å². The van der Waals surface area contributed by atoms with Crippen LogP contribution in [0.5, 0.6) is 0 Å². The number of hydrogen-bond donors (Lipinski definition) is 2. The summed E-state index contributed by atoms with van der Waals surface area (Å²) in [4.78, 5) is 4.69. The summed E-state index contributed by atoms with van der Waals surface area (Å²) in [5.41, 5.74) is 13.9. The molecular weight excluding hydrogens is 691 g/mol. The van der Waals surface area contributed by atoms with Crippen LogP contribution >= 0.6 is 0 Å². The first-order valence-corrected chi connectivity index (χ1v) is 21.1. The number of allylic oxidation sites excluding steroid dienone is 10. The molecule has 3 nitrogen and oxygen atoms in total. The molecule has 0 aliphatic heterocycles. The highest BCUT2D eigenvalue weighted by Crippen LogP contribution is 2.40. The molecule has 0 bridgehead atoms. The summed E-state index contributed by atoms with van der Waals surface area (Å²) in [6, 6.07) is 39.8. The molecule has 0 saturated carbocycles. The molecule has 0 heterocycles. The van der Waals surface area contributed by atoms with Gasteiger partial charge in [-0.1, -0.05) is 140 Å². The van der Waals surface area contributed by atoms with Gasteiger partial charge in [0.25, 0.3) is 0 Å². The monoisotopic (exact) mass is 745 g/mol. The zero-order chi connectivity index (χ0) is 38.7. The molecule has 2 atom stereocenters. The summed E-state index contributed by atoms with van der Waals surface area (Å²) < 4.78 is 0. The van der Waals surface area contributed by atoms with Gasteiger partial charge in [-0.05, 0) is 139 Å². The molecule has 57 heavy (non-hydrogen) atoms.